The van der Waals surface area contributed by atoms with Gasteiger partial charge in [-0.3, -0.25) is 5.84 Å². The van der Waals surface area contributed by atoms with Gasteiger partial charge in [0, 0.05) is 11.7 Å². The minimum atomic E-state index is -3.48. The number of aryl methyl sites for hydroxylation is 2. The monoisotopic (exact) mass is 271 g/mol. The Labute approximate surface area is 109 Å². The predicted octanol–water partition coefficient (Wildman–Crippen LogP) is 1.67. The minimum absolute atomic E-state index is 0.0823. The van der Waals surface area contributed by atoms with Crippen LogP contribution in [0.15, 0.2) is 17.0 Å². The van der Waals surface area contributed by atoms with Crippen molar-refractivity contribution in [3.8, 4) is 0 Å². The fraction of sp³-hybridized carbons (Fsp3) is 0.500. The average molecular weight is 271 g/mol. The van der Waals surface area contributed by atoms with Gasteiger partial charge in [-0.1, -0.05) is 6.92 Å². The smallest absolute Gasteiger partial charge is 0.241 e. The topological polar surface area (TPSA) is 84.2 Å². The van der Waals surface area contributed by atoms with E-state index in [-0.39, 0.29) is 6.04 Å². The fourth-order valence-electron chi connectivity index (χ4n) is 1.86. The molecule has 1 unspecified atom stereocenters. The summed E-state index contributed by atoms with van der Waals surface area (Å²) in [6.45, 7) is 7.31. The van der Waals surface area contributed by atoms with Crippen LogP contribution in [0, 0.1) is 13.8 Å². The first-order valence-corrected chi connectivity index (χ1v) is 7.40. The van der Waals surface area contributed by atoms with Crippen molar-refractivity contribution < 1.29 is 8.42 Å². The van der Waals surface area contributed by atoms with E-state index in [4.69, 9.17) is 5.84 Å². The molecule has 1 aromatic carbocycles. The summed E-state index contributed by atoms with van der Waals surface area (Å²) in [5, 5.41) is 0. The van der Waals surface area contributed by atoms with Gasteiger partial charge in [0.1, 0.15) is 0 Å². The average Bonchev–Trinajstić information content (AvgIpc) is 2.26. The Morgan fingerprint density at radius 3 is 2.17 bits per heavy atom. The lowest BCUT2D eigenvalue weighted by Crippen LogP contribution is -2.33. The summed E-state index contributed by atoms with van der Waals surface area (Å²) in [5.41, 5.74) is 4.58. The lowest BCUT2D eigenvalue weighted by molar-refractivity contribution is 0.555. The molecule has 102 valence electrons. The van der Waals surface area contributed by atoms with Gasteiger partial charge in [0.15, 0.2) is 0 Å². The van der Waals surface area contributed by atoms with Crippen LogP contribution in [0.5, 0.6) is 0 Å². The Bertz CT molecular complexity index is 503. The van der Waals surface area contributed by atoms with Crippen LogP contribution in [0.4, 0.5) is 5.69 Å². The molecule has 0 amide bonds. The van der Waals surface area contributed by atoms with Crippen LogP contribution in [0.1, 0.15) is 31.4 Å². The Morgan fingerprint density at radius 2 is 1.78 bits per heavy atom. The van der Waals surface area contributed by atoms with Crippen molar-refractivity contribution in [3.05, 3.63) is 23.3 Å². The third-order valence-electron chi connectivity index (χ3n) is 2.86. The highest BCUT2D eigenvalue weighted by Crippen LogP contribution is 2.24. The molecule has 0 aliphatic heterocycles. The number of anilines is 1. The van der Waals surface area contributed by atoms with Gasteiger partial charge in [0.25, 0.3) is 0 Å². The van der Waals surface area contributed by atoms with E-state index < -0.39 is 10.0 Å². The van der Waals surface area contributed by atoms with Gasteiger partial charge in [0.05, 0.1) is 4.90 Å². The van der Waals surface area contributed by atoms with E-state index in [1.54, 1.807) is 26.0 Å². The van der Waals surface area contributed by atoms with Crippen LogP contribution in [0.3, 0.4) is 0 Å². The molecular formula is C12H21N3O2S. The molecular weight excluding hydrogens is 250 g/mol. The maximum absolute atomic E-state index is 12.3. The van der Waals surface area contributed by atoms with Gasteiger partial charge in [-0.25, -0.2) is 13.1 Å². The first-order valence-electron chi connectivity index (χ1n) is 5.92. The third kappa shape index (κ3) is 3.22. The van der Waals surface area contributed by atoms with E-state index in [0.29, 0.717) is 21.7 Å². The zero-order valence-corrected chi connectivity index (χ0v) is 12.1. The second kappa shape index (κ2) is 5.69. The molecule has 0 aliphatic rings. The standard InChI is InChI=1S/C12H21N3O2S/c1-5-10(4)15-18(16,17)12-8(2)6-11(14-13)7-9(12)3/h6-7,10,14-15H,5,13H2,1-4H3. The summed E-state index contributed by atoms with van der Waals surface area (Å²) in [7, 11) is -3.48. The van der Waals surface area contributed by atoms with E-state index in [2.05, 4.69) is 10.1 Å². The summed E-state index contributed by atoms with van der Waals surface area (Å²) < 4.78 is 27.2. The molecule has 1 atom stereocenters. The Hall–Kier alpha value is -1.11. The van der Waals surface area contributed by atoms with Crippen molar-refractivity contribution in [2.24, 2.45) is 5.84 Å². The third-order valence-corrected chi connectivity index (χ3v) is 4.76. The van der Waals surface area contributed by atoms with Crippen molar-refractivity contribution in [1.29, 1.82) is 0 Å². The van der Waals surface area contributed by atoms with Gasteiger partial charge in [-0.2, -0.15) is 0 Å². The van der Waals surface area contributed by atoms with Crippen LogP contribution in [-0.2, 0) is 10.0 Å². The van der Waals surface area contributed by atoms with Crippen LogP contribution >= 0.6 is 0 Å². The second-order valence-corrected chi connectivity index (χ2v) is 6.16. The minimum Gasteiger partial charge on any atom is -0.324 e. The molecule has 18 heavy (non-hydrogen) atoms. The molecule has 0 spiro atoms. The Balaban J connectivity index is 3.25. The highest BCUT2D eigenvalue weighted by Gasteiger charge is 2.21. The summed E-state index contributed by atoms with van der Waals surface area (Å²) in [5.74, 6) is 5.33. The van der Waals surface area contributed by atoms with Gasteiger partial charge in [0.2, 0.25) is 10.0 Å². The van der Waals surface area contributed by atoms with Crippen LogP contribution in [-0.4, -0.2) is 14.5 Å². The van der Waals surface area contributed by atoms with Gasteiger partial charge < -0.3 is 5.43 Å². The van der Waals surface area contributed by atoms with Crippen LogP contribution < -0.4 is 16.0 Å². The van der Waals surface area contributed by atoms with Crippen molar-refractivity contribution in [1.82, 2.24) is 4.72 Å². The fourth-order valence-corrected chi connectivity index (χ4v) is 3.64. The summed E-state index contributed by atoms with van der Waals surface area (Å²) >= 11 is 0. The number of benzene rings is 1. The van der Waals surface area contributed by atoms with Crippen molar-refractivity contribution in [3.63, 3.8) is 0 Å². The first kappa shape index (κ1) is 14.9. The molecule has 0 bridgehead atoms. The van der Waals surface area contributed by atoms with E-state index in [0.717, 1.165) is 6.42 Å². The van der Waals surface area contributed by atoms with Crippen molar-refractivity contribution in [2.75, 3.05) is 5.43 Å². The molecule has 0 saturated carbocycles. The van der Waals surface area contributed by atoms with E-state index >= 15 is 0 Å². The molecule has 6 heteroatoms. The van der Waals surface area contributed by atoms with Gasteiger partial charge in [-0.05, 0) is 50.5 Å². The largest absolute Gasteiger partial charge is 0.324 e. The lowest BCUT2D eigenvalue weighted by atomic mass is 10.1. The predicted molar refractivity (Wildman–Crippen MR) is 73.8 cm³/mol. The molecule has 0 radical (unpaired) electrons. The highest BCUT2D eigenvalue weighted by atomic mass is 32.2. The zero-order chi connectivity index (χ0) is 13.9. The van der Waals surface area contributed by atoms with Crippen LogP contribution in [0.2, 0.25) is 0 Å². The lowest BCUT2D eigenvalue weighted by Gasteiger charge is -2.16. The van der Waals surface area contributed by atoms with E-state index in [9.17, 15) is 8.42 Å². The molecule has 4 N–H and O–H groups in total. The van der Waals surface area contributed by atoms with Crippen molar-refractivity contribution >= 4 is 15.7 Å². The molecule has 0 fully saturated rings. The molecule has 5 nitrogen and oxygen atoms in total. The summed E-state index contributed by atoms with van der Waals surface area (Å²) in [6.07, 6.45) is 0.750. The van der Waals surface area contributed by atoms with Gasteiger partial charge >= 0.3 is 0 Å². The Kier molecular flexibility index (Phi) is 4.72. The number of hydrogen-bond donors (Lipinski definition) is 3. The summed E-state index contributed by atoms with van der Waals surface area (Å²) in [6, 6.07) is 3.36. The normalized spacial score (nSPS) is 13.4. The maximum Gasteiger partial charge on any atom is 0.241 e. The zero-order valence-electron chi connectivity index (χ0n) is 11.2. The molecule has 0 saturated heterocycles. The Morgan fingerprint density at radius 1 is 1.28 bits per heavy atom. The number of nitrogen functional groups attached to an aromatic ring is 1. The SMILES string of the molecule is CCC(C)NS(=O)(=O)c1c(C)cc(NN)cc1C. The first-order chi connectivity index (χ1) is 8.31. The number of nitrogens with one attached hydrogen (secondary N) is 2. The van der Waals surface area contributed by atoms with E-state index in [1.807, 2.05) is 13.8 Å². The maximum atomic E-state index is 12.3. The van der Waals surface area contributed by atoms with Crippen LogP contribution in [0.25, 0.3) is 0 Å². The molecule has 0 aromatic heterocycles. The quantitative estimate of drug-likeness (QED) is 0.562. The number of nitrogens with two attached hydrogens (primary N) is 1. The van der Waals surface area contributed by atoms with Crippen molar-refractivity contribution in [2.45, 2.75) is 45.1 Å². The van der Waals surface area contributed by atoms with E-state index in [1.165, 1.54) is 0 Å². The van der Waals surface area contributed by atoms with Gasteiger partial charge in [-0.15, -0.1) is 0 Å². The number of sulfonamides is 1. The molecule has 0 heterocycles. The second-order valence-electron chi connectivity index (χ2n) is 4.51. The molecule has 0 aliphatic carbocycles. The number of hydrazine groups is 1. The highest BCUT2D eigenvalue weighted by molar-refractivity contribution is 7.89. The molecule has 1 aromatic rings. The number of hydrogen-bond acceptors (Lipinski definition) is 4. The number of rotatable bonds is 5. The molecule has 1 rings (SSSR count). The summed E-state index contributed by atoms with van der Waals surface area (Å²) in [4.78, 5) is 0.335.